The summed E-state index contributed by atoms with van der Waals surface area (Å²) in [7, 11) is 0. The Morgan fingerprint density at radius 2 is 0.646 bits per heavy atom. The molecule has 0 radical (unpaired) electrons. The van der Waals surface area contributed by atoms with Crippen LogP contribution in [0.4, 0.5) is 0 Å². The Labute approximate surface area is 401 Å². The average Bonchev–Trinajstić information content (AvgIpc) is 3.30. The number of esters is 3. The zero-order valence-corrected chi connectivity index (χ0v) is 42.5. The highest BCUT2D eigenvalue weighted by Gasteiger charge is 2.19. The zero-order chi connectivity index (χ0) is 47.2. The second kappa shape index (κ2) is 53.2. The molecule has 1 unspecified atom stereocenters. The summed E-state index contributed by atoms with van der Waals surface area (Å²) in [6, 6.07) is 0. The molecule has 0 rings (SSSR count). The van der Waals surface area contributed by atoms with Gasteiger partial charge >= 0.3 is 17.9 Å². The van der Waals surface area contributed by atoms with Crippen LogP contribution in [0, 0.1) is 0 Å². The third-order valence-electron chi connectivity index (χ3n) is 11.4. The van der Waals surface area contributed by atoms with Gasteiger partial charge in [0, 0.05) is 19.3 Å². The molecule has 6 nitrogen and oxygen atoms in total. The van der Waals surface area contributed by atoms with Crippen molar-refractivity contribution < 1.29 is 28.6 Å². The Hall–Kier alpha value is -3.41. The van der Waals surface area contributed by atoms with E-state index in [4.69, 9.17) is 14.2 Å². The molecule has 0 aliphatic carbocycles. The van der Waals surface area contributed by atoms with Gasteiger partial charge in [0.05, 0.1) is 0 Å². The Morgan fingerprint density at radius 1 is 0.338 bits per heavy atom. The predicted octanol–water partition coefficient (Wildman–Crippen LogP) is 18.0. The fourth-order valence-electron chi connectivity index (χ4n) is 7.37. The molecule has 0 N–H and O–H groups in total. The van der Waals surface area contributed by atoms with Crippen LogP contribution < -0.4 is 0 Å². The van der Waals surface area contributed by atoms with Crippen molar-refractivity contribution in [2.45, 2.75) is 258 Å². The molecule has 0 fully saturated rings. The van der Waals surface area contributed by atoms with Crippen LogP contribution in [0.25, 0.3) is 0 Å². The van der Waals surface area contributed by atoms with Crippen molar-refractivity contribution in [1.82, 2.24) is 0 Å². The molecule has 0 heterocycles. The van der Waals surface area contributed by atoms with Gasteiger partial charge in [0.1, 0.15) is 13.2 Å². The van der Waals surface area contributed by atoms with Crippen LogP contribution in [0.5, 0.6) is 0 Å². The van der Waals surface area contributed by atoms with Crippen molar-refractivity contribution in [3.05, 3.63) is 85.1 Å². The zero-order valence-electron chi connectivity index (χ0n) is 42.5. The highest BCUT2D eigenvalue weighted by molar-refractivity contribution is 5.71. The van der Waals surface area contributed by atoms with E-state index < -0.39 is 6.10 Å². The first-order valence-electron chi connectivity index (χ1n) is 27.1. The van der Waals surface area contributed by atoms with E-state index >= 15 is 0 Å². The molecule has 0 aliphatic heterocycles. The van der Waals surface area contributed by atoms with Crippen molar-refractivity contribution in [1.29, 1.82) is 0 Å². The van der Waals surface area contributed by atoms with E-state index in [9.17, 15) is 14.4 Å². The molecule has 0 saturated heterocycles. The number of rotatable bonds is 48. The molecule has 0 spiro atoms. The van der Waals surface area contributed by atoms with Gasteiger partial charge in [0.2, 0.25) is 0 Å². The Balaban J connectivity index is 4.39. The van der Waals surface area contributed by atoms with Crippen molar-refractivity contribution in [2.24, 2.45) is 0 Å². The van der Waals surface area contributed by atoms with Gasteiger partial charge in [-0.3, -0.25) is 14.4 Å². The Bertz CT molecular complexity index is 1270. The fraction of sp³-hybridized carbons (Fsp3) is 0.712. The van der Waals surface area contributed by atoms with Crippen LogP contribution in [0.1, 0.15) is 252 Å². The summed E-state index contributed by atoms with van der Waals surface area (Å²) in [6.07, 6.45) is 68.5. The summed E-state index contributed by atoms with van der Waals surface area (Å²) >= 11 is 0. The van der Waals surface area contributed by atoms with E-state index in [1.54, 1.807) is 0 Å². The van der Waals surface area contributed by atoms with Gasteiger partial charge in [-0.2, -0.15) is 0 Å². The normalized spacial score (nSPS) is 12.7. The lowest BCUT2D eigenvalue weighted by Gasteiger charge is -2.18. The van der Waals surface area contributed by atoms with Gasteiger partial charge in [-0.15, -0.1) is 0 Å². The first kappa shape index (κ1) is 61.6. The molecule has 0 aromatic carbocycles. The molecule has 0 amide bonds. The van der Waals surface area contributed by atoms with Crippen LogP contribution >= 0.6 is 0 Å². The van der Waals surface area contributed by atoms with Gasteiger partial charge in [-0.05, 0) is 103 Å². The van der Waals surface area contributed by atoms with Gasteiger partial charge < -0.3 is 14.2 Å². The summed E-state index contributed by atoms with van der Waals surface area (Å²) < 4.78 is 16.8. The average molecular weight is 905 g/mol. The monoisotopic (exact) mass is 905 g/mol. The third kappa shape index (κ3) is 51.4. The minimum Gasteiger partial charge on any atom is -0.462 e. The smallest absolute Gasteiger partial charge is 0.306 e. The number of ether oxygens (including phenoxy) is 3. The summed E-state index contributed by atoms with van der Waals surface area (Å²) in [4.78, 5) is 38.0. The SMILES string of the molecule is CC/C=C\C/C=C\C/C=C\CCCCCCCCC(=O)OC(COC(=O)CCCCCCC/C=C\C/C=C\CC)COC(=O)CCCCCCCCCCCC/C=C\C=C/CCCCC. The van der Waals surface area contributed by atoms with Crippen LogP contribution in [0.3, 0.4) is 0 Å². The Morgan fingerprint density at radius 3 is 1.03 bits per heavy atom. The fourth-order valence-corrected chi connectivity index (χ4v) is 7.37. The highest BCUT2D eigenvalue weighted by atomic mass is 16.6. The van der Waals surface area contributed by atoms with Crippen LogP contribution in [-0.2, 0) is 28.6 Å². The van der Waals surface area contributed by atoms with Crippen molar-refractivity contribution >= 4 is 17.9 Å². The van der Waals surface area contributed by atoms with Crippen molar-refractivity contribution in [2.75, 3.05) is 13.2 Å². The molecule has 0 aromatic rings. The molecule has 1 atom stereocenters. The molecule has 0 aromatic heterocycles. The molecule has 0 saturated carbocycles. The maximum Gasteiger partial charge on any atom is 0.306 e. The standard InChI is InChI=1S/C59H100O6/c1-4-7-10-13-16-19-22-25-27-29-30-31-33-34-37-40-43-46-49-52-58(61)64-55-56(54-63-57(60)51-48-45-42-39-36-24-21-18-15-12-9-6-3)65-59(62)53-50-47-44-41-38-35-32-28-26-23-20-17-14-11-8-5-2/h8-9,11-12,16-22,25-26,28,56H,4-7,10,13-15,23-24,27,29-55H2,1-3H3/b11-8-,12-9-,19-16-,20-17-,21-18-,25-22-,28-26-. The van der Waals surface area contributed by atoms with E-state index in [0.717, 1.165) is 122 Å². The second-order valence-electron chi connectivity index (χ2n) is 17.8. The molecule has 0 aliphatic rings. The lowest BCUT2D eigenvalue weighted by atomic mass is 10.1. The number of hydrogen-bond acceptors (Lipinski definition) is 6. The summed E-state index contributed by atoms with van der Waals surface area (Å²) in [6.45, 7) is 6.37. The quantitative estimate of drug-likeness (QED) is 0.0199. The van der Waals surface area contributed by atoms with E-state index in [1.807, 2.05) is 0 Å². The number of carbonyl (C=O) groups excluding carboxylic acids is 3. The van der Waals surface area contributed by atoms with E-state index in [-0.39, 0.29) is 31.1 Å². The van der Waals surface area contributed by atoms with Crippen LogP contribution in [0.15, 0.2) is 85.1 Å². The Kier molecular flexibility index (Phi) is 50.4. The predicted molar refractivity (Wildman–Crippen MR) is 279 cm³/mol. The van der Waals surface area contributed by atoms with Crippen molar-refractivity contribution in [3.8, 4) is 0 Å². The molecule has 0 bridgehead atoms. The van der Waals surface area contributed by atoms with Gasteiger partial charge in [0.25, 0.3) is 0 Å². The summed E-state index contributed by atoms with van der Waals surface area (Å²) in [5.41, 5.74) is 0. The molecular weight excluding hydrogens is 805 g/mol. The van der Waals surface area contributed by atoms with E-state index in [1.165, 1.54) is 89.9 Å². The van der Waals surface area contributed by atoms with Crippen molar-refractivity contribution in [3.63, 3.8) is 0 Å². The topological polar surface area (TPSA) is 78.9 Å². The first-order chi connectivity index (χ1) is 32.0. The van der Waals surface area contributed by atoms with E-state index in [0.29, 0.717) is 19.3 Å². The first-order valence-corrected chi connectivity index (χ1v) is 27.1. The largest absolute Gasteiger partial charge is 0.462 e. The molecular formula is C59H100O6. The maximum atomic E-state index is 12.8. The highest BCUT2D eigenvalue weighted by Crippen LogP contribution is 2.15. The van der Waals surface area contributed by atoms with Gasteiger partial charge in [-0.25, -0.2) is 0 Å². The number of unbranched alkanes of at least 4 members (excludes halogenated alkanes) is 24. The number of hydrogen-bond donors (Lipinski definition) is 0. The van der Waals surface area contributed by atoms with E-state index in [2.05, 4.69) is 106 Å². The van der Waals surface area contributed by atoms with Crippen LogP contribution in [-0.4, -0.2) is 37.2 Å². The summed E-state index contributed by atoms with van der Waals surface area (Å²) in [5, 5.41) is 0. The summed E-state index contributed by atoms with van der Waals surface area (Å²) in [5.74, 6) is -0.919. The minimum absolute atomic E-state index is 0.0886. The lowest BCUT2D eigenvalue weighted by molar-refractivity contribution is -0.167. The maximum absolute atomic E-state index is 12.8. The van der Waals surface area contributed by atoms with Crippen LogP contribution in [0.2, 0.25) is 0 Å². The molecule has 372 valence electrons. The number of allylic oxidation sites excluding steroid dienone is 14. The minimum atomic E-state index is -0.791. The lowest BCUT2D eigenvalue weighted by Crippen LogP contribution is -2.30. The molecule has 6 heteroatoms. The van der Waals surface area contributed by atoms with Gasteiger partial charge in [0.15, 0.2) is 6.10 Å². The third-order valence-corrected chi connectivity index (χ3v) is 11.4. The number of carbonyl (C=O) groups is 3. The van der Waals surface area contributed by atoms with Gasteiger partial charge in [-0.1, -0.05) is 215 Å². The molecule has 65 heavy (non-hydrogen) atoms. The second-order valence-corrected chi connectivity index (χ2v) is 17.8.